The molecule has 3 rings (SSSR count). The number of nitrogens with zero attached hydrogens (tertiary/aromatic N) is 3. The fraction of sp³-hybridized carbons (Fsp3) is 0.294. The van der Waals surface area contributed by atoms with Crippen LogP contribution in [0.25, 0.3) is 0 Å². The van der Waals surface area contributed by atoms with E-state index < -0.39 is 11.2 Å². The summed E-state index contributed by atoms with van der Waals surface area (Å²) < 4.78 is 0. The maximum absolute atomic E-state index is 11.1. The summed E-state index contributed by atoms with van der Waals surface area (Å²) in [6.45, 7) is 1.62. The zero-order chi connectivity index (χ0) is 17.1. The lowest BCUT2D eigenvalue weighted by Gasteiger charge is -2.13. The van der Waals surface area contributed by atoms with Crippen molar-refractivity contribution in [1.29, 1.82) is 5.26 Å². The molecule has 1 aliphatic carbocycles. The van der Waals surface area contributed by atoms with E-state index in [1.54, 1.807) is 19.1 Å². The van der Waals surface area contributed by atoms with E-state index in [1.165, 1.54) is 0 Å². The number of aliphatic carboxylic acids is 1. The van der Waals surface area contributed by atoms with Crippen molar-refractivity contribution in [2.45, 2.75) is 36.6 Å². The van der Waals surface area contributed by atoms with Crippen molar-refractivity contribution in [3.8, 4) is 6.07 Å². The smallest absolute Gasteiger partial charge is 0.316 e. The van der Waals surface area contributed by atoms with E-state index in [-0.39, 0.29) is 0 Å². The van der Waals surface area contributed by atoms with Gasteiger partial charge in [-0.1, -0.05) is 11.8 Å². The summed E-state index contributed by atoms with van der Waals surface area (Å²) in [5.74, 6) is -0.159. The van der Waals surface area contributed by atoms with Crippen molar-refractivity contribution in [2.75, 3.05) is 5.32 Å². The fourth-order valence-electron chi connectivity index (χ4n) is 2.54. The summed E-state index contributed by atoms with van der Waals surface area (Å²) in [5.41, 5.74) is 3.51. The number of benzene rings is 1. The molecule has 0 spiro atoms. The molecule has 6 nitrogen and oxygen atoms in total. The van der Waals surface area contributed by atoms with Gasteiger partial charge in [0, 0.05) is 11.3 Å². The Hall–Kier alpha value is -2.59. The number of anilines is 2. The highest BCUT2D eigenvalue weighted by Crippen LogP contribution is 2.31. The van der Waals surface area contributed by atoms with Gasteiger partial charge in [-0.25, -0.2) is 9.97 Å². The molecule has 1 heterocycles. The number of carboxylic acids is 1. The van der Waals surface area contributed by atoms with Crippen LogP contribution in [0.2, 0.25) is 0 Å². The van der Waals surface area contributed by atoms with Gasteiger partial charge in [0.15, 0.2) is 5.16 Å². The van der Waals surface area contributed by atoms with Crippen LogP contribution in [0, 0.1) is 11.3 Å². The van der Waals surface area contributed by atoms with Crippen LogP contribution in [0.15, 0.2) is 29.4 Å². The molecule has 1 aromatic carbocycles. The first-order chi connectivity index (χ1) is 11.6. The number of nitriles is 1. The molecule has 1 unspecified atom stereocenters. The van der Waals surface area contributed by atoms with Crippen molar-refractivity contribution >= 4 is 29.2 Å². The van der Waals surface area contributed by atoms with Crippen molar-refractivity contribution in [3.63, 3.8) is 0 Å². The van der Waals surface area contributed by atoms with Gasteiger partial charge in [0.2, 0.25) is 0 Å². The van der Waals surface area contributed by atoms with Crippen LogP contribution in [0.1, 0.15) is 30.2 Å². The third-order valence-corrected chi connectivity index (χ3v) is 4.77. The molecule has 0 radical (unpaired) electrons. The number of thioether (sulfide) groups is 1. The molecular formula is C17H16N4O2S. The van der Waals surface area contributed by atoms with Gasteiger partial charge >= 0.3 is 5.97 Å². The van der Waals surface area contributed by atoms with Gasteiger partial charge in [-0.3, -0.25) is 4.79 Å². The molecule has 122 valence electrons. The molecule has 2 aromatic rings. The van der Waals surface area contributed by atoms with Gasteiger partial charge in [-0.05, 0) is 50.5 Å². The SMILES string of the molecule is CC(Sc1nc2c(c(Nc3ccc(C#N)cc3)n1)CCC2)C(=O)O. The Morgan fingerprint density at radius 1 is 1.33 bits per heavy atom. The number of carbonyl (C=O) groups is 1. The predicted octanol–water partition coefficient (Wildman–Crippen LogP) is 3.15. The number of hydrogen-bond acceptors (Lipinski definition) is 6. The second-order valence-corrected chi connectivity index (χ2v) is 6.85. The lowest BCUT2D eigenvalue weighted by Crippen LogP contribution is -2.13. The standard InChI is InChI=1S/C17H16N4O2S/c1-10(16(22)23)24-17-20-14-4-2-3-13(14)15(21-17)19-12-7-5-11(9-18)6-8-12/h5-8,10H,2-4H2,1H3,(H,22,23)(H,19,20,21). The molecule has 1 aliphatic rings. The number of nitrogens with one attached hydrogen (secondary N) is 1. The van der Waals surface area contributed by atoms with Crippen LogP contribution in [0.3, 0.4) is 0 Å². The first-order valence-corrected chi connectivity index (χ1v) is 8.51. The summed E-state index contributed by atoms with van der Waals surface area (Å²) in [7, 11) is 0. The van der Waals surface area contributed by atoms with Gasteiger partial charge in [0.25, 0.3) is 0 Å². The zero-order valence-electron chi connectivity index (χ0n) is 13.1. The maximum Gasteiger partial charge on any atom is 0.316 e. The highest BCUT2D eigenvalue weighted by molar-refractivity contribution is 8.00. The number of hydrogen-bond donors (Lipinski definition) is 2. The van der Waals surface area contributed by atoms with Gasteiger partial charge < -0.3 is 10.4 Å². The first-order valence-electron chi connectivity index (χ1n) is 7.63. The molecule has 0 aliphatic heterocycles. The Morgan fingerprint density at radius 2 is 2.08 bits per heavy atom. The molecule has 0 amide bonds. The Balaban J connectivity index is 1.89. The van der Waals surface area contributed by atoms with E-state index in [4.69, 9.17) is 10.4 Å². The van der Waals surface area contributed by atoms with E-state index in [0.717, 1.165) is 53.8 Å². The summed E-state index contributed by atoms with van der Waals surface area (Å²) in [6, 6.07) is 9.23. The third kappa shape index (κ3) is 3.49. The van der Waals surface area contributed by atoms with Gasteiger partial charge in [0.05, 0.1) is 17.3 Å². The summed E-state index contributed by atoms with van der Waals surface area (Å²) in [6.07, 6.45) is 2.82. The Kier molecular flexibility index (Phi) is 4.67. The lowest BCUT2D eigenvalue weighted by atomic mass is 10.2. The molecule has 1 aromatic heterocycles. The number of aromatic nitrogens is 2. The fourth-order valence-corrected chi connectivity index (χ4v) is 3.26. The topological polar surface area (TPSA) is 98.9 Å². The largest absolute Gasteiger partial charge is 0.480 e. The normalized spacial score (nSPS) is 13.8. The van der Waals surface area contributed by atoms with Crippen molar-refractivity contribution in [2.24, 2.45) is 0 Å². The van der Waals surface area contributed by atoms with E-state index >= 15 is 0 Å². The third-order valence-electron chi connectivity index (χ3n) is 3.82. The Bertz CT molecular complexity index is 815. The minimum Gasteiger partial charge on any atom is -0.480 e. The Labute approximate surface area is 143 Å². The zero-order valence-corrected chi connectivity index (χ0v) is 13.9. The molecule has 1 atom stereocenters. The molecular weight excluding hydrogens is 324 g/mol. The van der Waals surface area contributed by atoms with E-state index in [2.05, 4.69) is 21.4 Å². The van der Waals surface area contributed by atoms with E-state index in [0.29, 0.717) is 10.7 Å². The van der Waals surface area contributed by atoms with E-state index in [1.807, 2.05) is 12.1 Å². The van der Waals surface area contributed by atoms with Crippen LogP contribution in [0.5, 0.6) is 0 Å². The maximum atomic E-state index is 11.1. The highest BCUT2D eigenvalue weighted by atomic mass is 32.2. The average molecular weight is 340 g/mol. The number of carboxylic acid groups (broad SMARTS) is 1. The number of fused-ring (bicyclic) bond motifs is 1. The second-order valence-electron chi connectivity index (χ2n) is 5.55. The summed E-state index contributed by atoms with van der Waals surface area (Å²) in [5, 5.41) is 21.1. The van der Waals surface area contributed by atoms with Crippen LogP contribution in [-0.2, 0) is 17.6 Å². The molecule has 0 saturated carbocycles. The van der Waals surface area contributed by atoms with Gasteiger partial charge in [-0.15, -0.1) is 0 Å². The summed E-state index contributed by atoms with van der Waals surface area (Å²) in [4.78, 5) is 20.1. The lowest BCUT2D eigenvalue weighted by molar-refractivity contribution is -0.136. The monoisotopic (exact) mass is 340 g/mol. The second kappa shape index (κ2) is 6.89. The van der Waals surface area contributed by atoms with Crippen molar-refractivity contribution in [3.05, 3.63) is 41.1 Å². The van der Waals surface area contributed by atoms with Crippen LogP contribution >= 0.6 is 11.8 Å². The van der Waals surface area contributed by atoms with Crippen LogP contribution < -0.4 is 5.32 Å². The van der Waals surface area contributed by atoms with Crippen molar-refractivity contribution < 1.29 is 9.90 Å². The molecule has 7 heteroatoms. The van der Waals surface area contributed by atoms with Gasteiger partial charge in [-0.2, -0.15) is 5.26 Å². The molecule has 0 bridgehead atoms. The minimum atomic E-state index is -0.884. The minimum absolute atomic E-state index is 0.474. The highest BCUT2D eigenvalue weighted by Gasteiger charge is 2.22. The number of aryl methyl sites for hydroxylation is 1. The quantitative estimate of drug-likeness (QED) is 0.637. The molecule has 0 fully saturated rings. The van der Waals surface area contributed by atoms with Crippen LogP contribution in [0.4, 0.5) is 11.5 Å². The predicted molar refractivity (Wildman–Crippen MR) is 91.5 cm³/mol. The molecule has 24 heavy (non-hydrogen) atoms. The molecule has 0 saturated heterocycles. The summed E-state index contributed by atoms with van der Waals surface area (Å²) >= 11 is 1.14. The molecule has 2 N–H and O–H groups in total. The van der Waals surface area contributed by atoms with Crippen LogP contribution in [-0.4, -0.2) is 26.3 Å². The van der Waals surface area contributed by atoms with E-state index in [9.17, 15) is 4.79 Å². The number of rotatable bonds is 5. The first kappa shape index (κ1) is 16.3. The van der Waals surface area contributed by atoms with Crippen molar-refractivity contribution in [1.82, 2.24) is 9.97 Å². The van der Waals surface area contributed by atoms with Gasteiger partial charge in [0.1, 0.15) is 11.1 Å². The average Bonchev–Trinajstić information content (AvgIpc) is 3.04. The Morgan fingerprint density at radius 3 is 2.75 bits per heavy atom.